The molecule has 1 amide bonds. The van der Waals surface area contributed by atoms with Crippen molar-refractivity contribution >= 4 is 17.3 Å². The molecular weight excluding hydrogens is 392 g/mol. The van der Waals surface area contributed by atoms with E-state index in [1.165, 1.54) is 11.3 Å². The summed E-state index contributed by atoms with van der Waals surface area (Å²) in [5.41, 5.74) is 8.96. The number of hydrogen-bond donors (Lipinski definition) is 1. The van der Waals surface area contributed by atoms with E-state index in [9.17, 15) is 4.79 Å². The quantitative estimate of drug-likeness (QED) is 0.767. The molecule has 166 valence electrons. The van der Waals surface area contributed by atoms with Crippen LogP contribution in [-0.2, 0) is 11.2 Å². The number of aromatic nitrogens is 3. The van der Waals surface area contributed by atoms with Gasteiger partial charge in [0.25, 0.3) is 0 Å². The molecule has 2 aromatic heterocycles. The third-order valence-corrected chi connectivity index (χ3v) is 6.99. The molecular formula is C23H32N6O2. The molecule has 0 aliphatic carbocycles. The summed E-state index contributed by atoms with van der Waals surface area (Å²) in [6, 6.07) is 2.87. The van der Waals surface area contributed by atoms with Gasteiger partial charge in [-0.15, -0.1) is 0 Å². The Morgan fingerprint density at radius 3 is 3.00 bits per heavy atom. The van der Waals surface area contributed by atoms with E-state index in [0.717, 1.165) is 55.6 Å². The van der Waals surface area contributed by atoms with E-state index >= 15 is 0 Å². The Kier molecular flexibility index (Phi) is 5.33. The number of hydrazine groups is 1. The van der Waals surface area contributed by atoms with Gasteiger partial charge in [-0.1, -0.05) is 20.3 Å². The van der Waals surface area contributed by atoms with Crippen LogP contribution in [0.5, 0.6) is 0 Å². The summed E-state index contributed by atoms with van der Waals surface area (Å²) in [6.45, 7) is 8.61. The summed E-state index contributed by atoms with van der Waals surface area (Å²) in [4.78, 5) is 19.1. The second kappa shape index (κ2) is 8.15. The number of carbonyl (C=O) groups excluding carboxylic acids is 1. The normalized spacial score (nSPS) is 24.5. The number of cyclic esters (lactones) is 1. The summed E-state index contributed by atoms with van der Waals surface area (Å²) < 4.78 is 7.27. The lowest BCUT2D eigenvalue weighted by molar-refractivity contribution is 0.150. The molecule has 1 N–H and O–H groups in total. The highest BCUT2D eigenvalue weighted by atomic mass is 16.6. The van der Waals surface area contributed by atoms with Crippen molar-refractivity contribution in [2.45, 2.75) is 70.9 Å². The molecule has 2 fully saturated rings. The van der Waals surface area contributed by atoms with E-state index in [1.54, 1.807) is 0 Å². The van der Waals surface area contributed by atoms with Crippen molar-refractivity contribution in [1.29, 1.82) is 0 Å². The summed E-state index contributed by atoms with van der Waals surface area (Å²) >= 11 is 0. The summed E-state index contributed by atoms with van der Waals surface area (Å²) in [5, 5.41) is 6.90. The lowest BCUT2D eigenvalue weighted by Gasteiger charge is -2.32. The third-order valence-electron chi connectivity index (χ3n) is 6.99. The Labute approximate surface area is 183 Å². The van der Waals surface area contributed by atoms with Crippen molar-refractivity contribution < 1.29 is 9.53 Å². The van der Waals surface area contributed by atoms with Crippen LogP contribution in [0.15, 0.2) is 18.5 Å². The second-order valence-electron chi connectivity index (χ2n) is 9.03. The maximum atomic E-state index is 12.1. The fraction of sp³-hybridized carbons (Fsp3) is 0.609. The fourth-order valence-electron chi connectivity index (χ4n) is 4.91. The smallest absolute Gasteiger partial charge is 0.410 e. The molecule has 2 saturated heterocycles. The number of hydrogen-bond acceptors (Lipinski definition) is 6. The maximum absolute atomic E-state index is 12.1. The summed E-state index contributed by atoms with van der Waals surface area (Å²) in [6.07, 6.45) is 9.05. The number of fused-ring (bicyclic) bond motifs is 2. The Morgan fingerprint density at radius 2 is 2.19 bits per heavy atom. The molecule has 5 rings (SSSR count). The van der Waals surface area contributed by atoms with Crippen molar-refractivity contribution in [2.75, 3.05) is 19.7 Å². The Hall–Kier alpha value is -2.61. The average Bonchev–Trinajstić information content (AvgIpc) is 3.51. The van der Waals surface area contributed by atoms with Gasteiger partial charge in [0.1, 0.15) is 6.61 Å². The third kappa shape index (κ3) is 3.56. The zero-order valence-corrected chi connectivity index (χ0v) is 18.7. The van der Waals surface area contributed by atoms with Crippen molar-refractivity contribution in [1.82, 2.24) is 29.9 Å². The molecule has 3 atom stereocenters. The van der Waals surface area contributed by atoms with Crippen LogP contribution >= 0.6 is 0 Å². The molecule has 0 bridgehead atoms. The van der Waals surface area contributed by atoms with Gasteiger partial charge in [-0.2, -0.15) is 5.10 Å². The second-order valence-corrected chi connectivity index (χ2v) is 9.03. The van der Waals surface area contributed by atoms with Gasteiger partial charge in [0.05, 0.1) is 12.2 Å². The number of aryl methyl sites for hydroxylation is 1. The van der Waals surface area contributed by atoms with E-state index in [-0.39, 0.29) is 18.1 Å². The first-order chi connectivity index (χ1) is 15.1. The standard InChI is InChI=1S/C23H32N6O2/c1-4-6-18-9-21(16-7-8-19-14-31-23(30)27(19)12-16)26-22-20(11-25-29(18)22)17-10-24-28(13-17)15(3)5-2/h9,11,13,15-16,19,24H,4-8,10,12,14H2,1-3H3. The lowest BCUT2D eigenvalue weighted by Crippen LogP contribution is -2.41. The van der Waals surface area contributed by atoms with E-state index in [0.29, 0.717) is 19.2 Å². The van der Waals surface area contributed by atoms with Gasteiger partial charge in [0.15, 0.2) is 5.65 Å². The van der Waals surface area contributed by atoms with Crippen LogP contribution in [0, 0.1) is 0 Å². The molecule has 0 saturated carbocycles. The number of piperidine rings is 1. The number of amides is 1. The van der Waals surface area contributed by atoms with Gasteiger partial charge in [-0.05, 0) is 44.2 Å². The molecule has 8 heteroatoms. The highest BCUT2D eigenvalue weighted by Crippen LogP contribution is 2.34. The minimum atomic E-state index is -0.179. The van der Waals surface area contributed by atoms with E-state index in [2.05, 4.69) is 43.5 Å². The van der Waals surface area contributed by atoms with E-state index in [4.69, 9.17) is 14.8 Å². The lowest BCUT2D eigenvalue weighted by atomic mass is 9.90. The van der Waals surface area contributed by atoms with Crippen LogP contribution in [0.4, 0.5) is 4.79 Å². The molecule has 0 spiro atoms. The van der Waals surface area contributed by atoms with Crippen molar-refractivity contribution in [3.05, 3.63) is 35.4 Å². The van der Waals surface area contributed by atoms with Crippen LogP contribution in [0.3, 0.4) is 0 Å². The predicted octanol–water partition coefficient (Wildman–Crippen LogP) is 3.34. The summed E-state index contributed by atoms with van der Waals surface area (Å²) in [7, 11) is 0. The van der Waals surface area contributed by atoms with Crippen molar-refractivity contribution in [3.8, 4) is 0 Å². The van der Waals surface area contributed by atoms with Crippen LogP contribution in [0.25, 0.3) is 11.2 Å². The minimum absolute atomic E-state index is 0.179. The van der Waals surface area contributed by atoms with Gasteiger partial charge >= 0.3 is 6.09 Å². The molecule has 8 nitrogen and oxygen atoms in total. The largest absolute Gasteiger partial charge is 0.447 e. The molecule has 3 aliphatic rings. The summed E-state index contributed by atoms with van der Waals surface area (Å²) in [5.74, 6) is 0.234. The zero-order chi connectivity index (χ0) is 21.5. The molecule has 3 aliphatic heterocycles. The first-order valence-corrected chi connectivity index (χ1v) is 11.6. The predicted molar refractivity (Wildman–Crippen MR) is 118 cm³/mol. The van der Waals surface area contributed by atoms with Gasteiger partial charge in [-0.3, -0.25) is 0 Å². The molecule has 31 heavy (non-hydrogen) atoms. The first kappa shape index (κ1) is 20.3. The van der Waals surface area contributed by atoms with Crippen LogP contribution in [0.1, 0.15) is 69.3 Å². The Bertz CT molecular complexity index is 1010. The minimum Gasteiger partial charge on any atom is -0.447 e. The highest BCUT2D eigenvalue weighted by Gasteiger charge is 2.39. The topological polar surface area (TPSA) is 75.0 Å². The molecule has 5 heterocycles. The van der Waals surface area contributed by atoms with Crippen LogP contribution < -0.4 is 5.43 Å². The highest BCUT2D eigenvalue weighted by molar-refractivity contribution is 5.77. The number of nitrogens with one attached hydrogen (secondary N) is 1. The first-order valence-electron chi connectivity index (χ1n) is 11.6. The molecule has 0 radical (unpaired) electrons. The van der Waals surface area contributed by atoms with Crippen LogP contribution in [-0.4, -0.2) is 62.4 Å². The van der Waals surface area contributed by atoms with Gasteiger partial charge < -0.3 is 14.6 Å². The number of carbonyl (C=O) groups is 1. The maximum Gasteiger partial charge on any atom is 0.410 e. The SMILES string of the molecule is CCCc1cc(C2CCC3COC(=O)N3C2)nc2c(C3=CN(C(C)CC)NC3)cnn12. The Morgan fingerprint density at radius 1 is 1.32 bits per heavy atom. The monoisotopic (exact) mass is 424 g/mol. The zero-order valence-electron chi connectivity index (χ0n) is 18.7. The Balaban J connectivity index is 1.52. The number of ether oxygens (including phenoxy) is 1. The van der Waals surface area contributed by atoms with Gasteiger partial charge in [-0.25, -0.2) is 19.7 Å². The van der Waals surface area contributed by atoms with Crippen molar-refractivity contribution in [3.63, 3.8) is 0 Å². The van der Waals surface area contributed by atoms with Crippen LogP contribution in [0.2, 0.25) is 0 Å². The average molecular weight is 425 g/mol. The van der Waals surface area contributed by atoms with Gasteiger partial charge in [0, 0.05) is 48.2 Å². The fourth-order valence-corrected chi connectivity index (χ4v) is 4.91. The number of nitrogens with zero attached hydrogens (tertiary/aromatic N) is 5. The molecule has 0 aromatic carbocycles. The number of rotatable bonds is 6. The molecule has 3 unspecified atom stereocenters. The molecule has 2 aromatic rings. The van der Waals surface area contributed by atoms with Crippen molar-refractivity contribution in [2.24, 2.45) is 0 Å². The van der Waals surface area contributed by atoms with E-state index < -0.39 is 0 Å². The van der Waals surface area contributed by atoms with Gasteiger partial charge in [0.2, 0.25) is 0 Å². The van der Waals surface area contributed by atoms with E-state index in [1.807, 2.05) is 15.6 Å².